The third-order valence-electron chi connectivity index (χ3n) is 3.91. The highest BCUT2D eigenvalue weighted by atomic mass is 32.1. The molecule has 5 nitrogen and oxygen atoms in total. The number of carboxylic acids is 1. The lowest BCUT2D eigenvalue weighted by atomic mass is 10.1. The van der Waals surface area contributed by atoms with Crippen molar-refractivity contribution < 1.29 is 19.4 Å². The van der Waals surface area contributed by atoms with Crippen molar-refractivity contribution in [2.45, 2.75) is 20.5 Å². The number of aryl methyl sites for hydroxylation is 2. The summed E-state index contributed by atoms with van der Waals surface area (Å²) in [5, 5.41) is 11.7. The van der Waals surface area contributed by atoms with Gasteiger partial charge in [-0.1, -0.05) is 29.8 Å². The highest BCUT2D eigenvalue weighted by Crippen LogP contribution is 2.35. The Morgan fingerprint density at radius 2 is 1.85 bits per heavy atom. The minimum Gasteiger partial charge on any atom is -0.544 e. The first-order valence-corrected chi connectivity index (χ1v) is 8.85. The van der Waals surface area contributed by atoms with E-state index in [1.807, 2.05) is 37.3 Å². The van der Waals surface area contributed by atoms with Crippen molar-refractivity contribution in [2.24, 2.45) is 0 Å². The number of methoxy groups -OCH3 is 1. The van der Waals surface area contributed by atoms with Crippen molar-refractivity contribution in [3.63, 3.8) is 0 Å². The molecule has 3 aromatic rings. The Hall–Kier alpha value is -2.86. The number of benzene rings is 2. The maximum absolute atomic E-state index is 11.1. The van der Waals surface area contributed by atoms with E-state index in [0.717, 1.165) is 22.5 Å². The average Bonchev–Trinajstić information content (AvgIpc) is 3.03. The molecule has 1 aromatic heterocycles. The lowest BCUT2D eigenvalue weighted by molar-refractivity contribution is -0.254. The summed E-state index contributed by atoms with van der Waals surface area (Å²) in [6.07, 6.45) is 0. The predicted octanol–water partition coefficient (Wildman–Crippen LogP) is 3.38. The molecule has 0 aliphatic rings. The fourth-order valence-electron chi connectivity index (χ4n) is 2.47. The minimum atomic E-state index is -1.21. The second-order valence-corrected chi connectivity index (χ2v) is 6.86. The quantitative estimate of drug-likeness (QED) is 0.667. The summed E-state index contributed by atoms with van der Waals surface area (Å²) in [6.45, 7) is 4.13. The highest BCUT2D eigenvalue weighted by molar-refractivity contribution is 7.17. The van der Waals surface area contributed by atoms with Gasteiger partial charge in [-0.25, -0.2) is 4.98 Å². The molecule has 0 N–H and O–H groups in total. The van der Waals surface area contributed by atoms with E-state index in [0.29, 0.717) is 28.8 Å². The number of hydrogen-bond acceptors (Lipinski definition) is 6. The van der Waals surface area contributed by atoms with Crippen LogP contribution in [0.1, 0.15) is 26.5 Å². The summed E-state index contributed by atoms with van der Waals surface area (Å²) in [5.41, 5.74) is 3.48. The predicted molar refractivity (Wildman–Crippen MR) is 98.7 cm³/mol. The molecule has 0 atom stereocenters. The Balaban J connectivity index is 1.82. The summed E-state index contributed by atoms with van der Waals surface area (Å²) >= 11 is 1.09. The second-order valence-electron chi connectivity index (χ2n) is 5.86. The van der Waals surface area contributed by atoms with Crippen molar-refractivity contribution in [3.05, 3.63) is 64.2 Å². The van der Waals surface area contributed by atoms with E-state index >= 15 is 0 Å². The van der Waals surface area contributed by atoms with Crippen LogP contribution in [-0.4, -0.2) is 18.1 Å². The first-order chi connectivity index (χ1) is 12.5. The van der Waals surface area contributed by atoms with Gasteiger partial charge < -0.3 is 19.4 Å². The van der Waals surface area contributed by atoms with Crippen LogP contribution < -0.4 is 14.6 Å². The number of aromatic nitrogens is 1. The number of ether oxygens (including phenoxy) is 2. The maximum Gasteiger partial charge on any atom is 0.161 e. The number of carbonyl (C=O) groups is 1. The number of thiazole rings is 1. The molecular formula is C20H18NO4S-. The molecule has 0 fully saturated rings. The molecule has 134 valence electrons. The Bertz CT molecular complexity index is 931. The third kappa shape index (κ3) is 3.86. The molecular weight excluding hydrogens is 350 g/mol. The molecule has 26 heavy (non-hydrogen) atoms. The Morgan fingerprint density at radius 1 is 1.12 bits per heavy atom. The van der Waals surface area contributed by atoms with Crippen LogP contribution in [0, 0.1) is 13.8 Å². The Kier molecular flexibility index (Phi) is 5.23. The van der Waals surface area contributed by atoms with Gasteiger partial charge in [0.15, 0.2) is 11.5 Å². The number of hydrogen-bond donors (Lipinski definition) is 0. The van der Waals surface area contributed by atoms with E-state index < -0.39 is 5.97 Å². The fourth-order valence-corrected chi connectivity index (χ4v) is 3.37. The average molecular weight is 368 g/mol. The van der Waals surface area contributed by atoms with Crippen LogP contribution in [0.4, 0.5) is 0 Å². The van der Waals surface area contributed by atoms with Crippen molar-refractivity contribution in [3.8, 4) is 22.1 Å². The van der Waals surface area contributed by atoms with E-state index in [1.165, 1.54) is 5.56 Å². The van der Waals surface area contributed by atoms with Crippen molar-refractivity contribution in [1.29, 1.82) is 0 Å². The topological polar surface area (TPSA) is 71.5 Å². The van der Waals surface area contributed by atoms with Gasteiger partial charge in [0.1, 0.15) is 11.6 Å². The van der Waals surface area contributed by atoms with Crippen LogP contribution in [0.25, 0.3) is 10.6 Å². The maximum atomic E-state index is 11.1. The summed E-state index contributed by atoms with van der Waals surface area (Å²) in [6, 6.07) is 13.6. The van der Waals surface area contributed by atoms with E-state index in [4.69, 9.17) is 9.47 Å². The standard InChI is InChI=1S/C20H19NO4S/c1-12-4-6-14(7-5-12)11-25-16-9-8-15(10-17(16)24-3)19-21-13(2)18(26-19)20(22)23/h4-10H,11H2,1-3H3,(H,22,23)/p-1. The van der Waals surface area contributed by atoms with Crippen LogP contribution in [0.2, 0.25) is 0 Å². The van der Waals surface area contributed by atoms with E-state index in [1.54, 1.807) is 26.2 Å². The molecule has 6 heteroatoms. The molecule has 0 aliphatic heterocycles. The Labute approximate surface area is 155 Å². The molecule has 0 spiro atoms. The van der Waals surface area contributed by atoms with Crippen molar-refractivity contribution in [2.75, 3.05) is 7.11 Å². The zero-order valence-corrected chi connectivity index (χ0v) is 15.6. The number of carboxylic acid groups (broad SMARTS) is 1. The largest absolute Gasteiger partial charge is 0.544 e. The molecule has 1 heterocycles. The molecule has 0 saturated carbocycles. The number of rotatable bonds is 6. The van der Waals surface area contributed by atoms with Crippen LogP contribution in [-0.2, 0) is 6.61 Å². The van der Waals surface area contributed by atoms with Gasteiger partial charge in [0, 0.05) is 5.56 Å². The van der Waals surface area contributed by atoms with Crippen LogP contribution in [0.5, 0.6) is 11.5 Å². The molecule has 0 unspecified atom stereocenters. The zero-order valence-electron chi connectivity index (χ0n) is 14.7. The van der Waals surface area contributed by atoms with Gasteiger partial charge >= 0.3 is 0 Å². The van der Waals surface area contributed by atoms with Crippen LogP contribution in [0.15, 0.2) is 42.5 Å². The molecule has 0 bridgehead atoms. The first kappa shape index (κ1) is 17.9. The summed E-state index contributed by atoms with van der Waals surface area (Å²) in [5.74, 6) is -0.0287. The van der Waals surface area contributed by atoms with Gasteiger partial charge in [0.05, 0.1) is 23.7 Å². The Morgan fingerprint density at radius 3 is 2.46 bits per heavy atom. The lowest BCUT2D eigenvalue weighted by Crippen LogP contribution is -2.21. The van der Waals surface area contributed by atoms with E-state index in [-0.39, 0.29) is 4.88 Å². The monoisotopic (exact) mass is 368 g/mol. The molecule has 3 rings (SSSR count). The summed E-state index contributed by atoms with van der Waals surface area (Å²) in [4.78, 5) is 15.5. The second kappa shape index (κ2) is 7.58. The van der Waals surface area contributed by atoms with Gasteiger partial charge in [0.25, 0.3) is 0 Å². The van der Waals surface area contributed by atoms with Gasteiger partial charge in [-0.2, -0.15) is 0 Å². The van der Waals surface area contributed by atoms with Crippen LogP contribution in [0.3, 0.4) is 0 Å². The van der Waals surface area contributed by atoms with Gasteiger partial charge in [-0.3, -0.25) is 0 Å². The molecule has 0 amide bonds. The van der Waals surface area contributed by atoms with Crippen molar-refractivity contribution >= 4 is 17.3 Å². The summed E-state index contributed by atoms with van der Waals surface area (Å²) < 4.78 is 11.3. The minimum absolute atomic E-state index is 0.138. The van der Waals surface area contributed by atoms with Crippen molar-refractivity contribution in [1.82, 2.24) is 4.98 Å². The van der Waals surface area contributed by atoms with E-state index in [2.05, 4.69) is 4.98 Å². The van der Waals surface area contributed by atoms with Gasteiger partial charge in [-0.05, 0) is 37.6 Å². The lowest BCUT2D eigenvalue weighted by Gasteiger charge is -2.12. The van der Waals surface area contributed by atoms with Gasteiger partial charge in [-0.15, -0.1) is 11.3 Å². The van der Waals surface area contributed by atoms with E-state index in [9.17, 15) is 9.90 Å². The highest BCUT2D eigenvalue weighted by Gasteiger charge is 2.13. The zero-order chi connectivity index (χ0) is 18.7. The summed E-state index contributed by atoms with van der Waals surface area (Å²) in [7, 11) is 1.57. The fraction of sp³-hybridized carbons (Fsp3) is 0.200. The molecule has 0 saturated heterocycles. The number of aromatic carboxylic acids is 1. The van der Waals surface area contributed by atoms with Crippen LogP contribution >= 0.6 is 11.3 Å². The SMILES string of the molecule is COc1cc(-c2nc(C)c(C(=O)[O-])s2)ccc1OCc1ccc(C)cc1. The smallest absolute Gasteiger partial charge is 0.161 e. The molecule has 2 aromatic carbocycles. The normalized spacial score (nSPS) is 10.6. The molecule has 0 radical (unpaired) electrons. The number of nitrogens with zero attached hydrogens (tertiary/aromatic N) is 1. The molecule has 0 aliphatic carbocycles. The number of carbonyl (C=O) groups excluding carboxylic acids is 1. The van der Waals surface area contributed by atoms with Gasteiger partial charge in [0.2, 0.25) is 0 Å². The third-order valence-corrected chi connectivity index (χ3v) is 5.09. The first-order valence-electron chi connectivity index (χ1n) is 8.03.